The zero-order chi connectivity index (χ0) is 23.1. The molecule has 1 fully saturated rings. The Morgan fingerprint density at radius 1 is 1.12 bits per heavy atom. The minimum Gasteiger partial charge on any atom is -0.496 e. The van der Waals surface area contributed by atoms with Gasteiger partial charge < -0.3 is 20.1 Å². The van der Waals surface area contributed by atoms with Crippen LogP contribution in [0.2, 0.25) is 0 Å². The highest BCUT2D eigenvalue weighted by molar-refractivity contribution is 7.89. The topological polar surface area (TPSA) is 114 Å². The summed E-state index contributed by atoms with van der Waals surface area (Å²) < 4.78 is 50.4. The minimum absolute atomic E-state index is 0.0748. The van der Waals surface area contributed by atoms with Crippen LogP contribution in [0, 0.1) is 5.82 Å². The number of para-hydroxylation sites is 1. The van der Waals surface area contributed by atoms with E-state index in [2.05, 4.69) is 10.6 Å². The fraction of sp³-hybridized carbons (Fsp3) is 0.333. The van der Waals surface area contributed by atoms with Gasteiger partial charge in [-0.2, -0.15) is 4.31 Å². The zero-order valence-corrected chi connectivity index (χ0v) is 18.2. The molecule has 2 aromatic rings. The summed E-state index contributed by atoms with van der Waals surface area (Å²) in [6.45, 7) is 0.216. The highest BCUT2D eigenvalue weighted by Crippen LogP contribution is 2.22. The molecule has 9 nitrogen and oxygen atoms in total. The van der Waals surface area contributed by atoms with Gasteiger partial charge in [-0.1, -0.05) is 18.2 Å². The number of hydrogen-bond acceptors (Lipinski definition) is 6. The fourth-order valence-corrected chi connectivity index (χ4v) is 4.75. The first-order chi connectivity index (χ1) is 15.3. The van der Waals surface area contributed by atoms with Crippen LogP contribution in [0.3, 0.4) is 0 Å². The van der Waals surface area contributed by atoms with Gasteiger partial charge in [-0.3, -0.25) is 9.59 Å². The Hall–Kier alpha value is -3.02. The average molecular weight is 466 g/mol. The van der Waals surface area contributed by atoms with E-state index < -0.39 is 33.9 Å². The maximum atomic E-state index is 13.1. The molecule has 1 atom stereocenters. The molecule has 11 heteroatoms. The maximum Gasteiger partial charge on any atom is 0.309 e. The number of carbonyl (C=O) groups is 2. The molecule has 1 aliphatic heterocycles. The summed E-state index contributed by atoms with van der Waals surface area (Å²) in [5.41, 5.74) is 0.886. The molecule has 1 heterocycles. The highest BCUT2D eigenvalue weighted by Gasteiger charge is 2.36. The Morgan fingerprint density at radius 3 is 2.53 bits per heavy atom. The van der Waals surface area contributed by atoms with E-state index >= 15 is 0 Å². The van der Waals surface area contributed by atoms with Gasteiger partial charge in [-0.05, 0) is 42.3 Å². The van der Waals surface area contributed by atoms with E-state index in [1.165, 1.54) is 0 Å². The number of nitrogens with zero attached hydrogens (tertiary/aromatic N) is 1. The summed E-state index contributed by atoms with van der Waals surface area (Å²) >= 11 is 0. The Bertz CT molecular complexity index is 1060. The van der Waals surface area contributed by atoms with Crippen LogP contribution in [-0.2, 0) is 30.8 Å². The van der Waals surface area contributed by atoms with Crippen LogP contribution >= 0.6 is 0 Å². The number of ether oxygens (including phenoxy) is 2. The van der Waals surface area contributed by atoms with Crippen LogP contribution in [0.4, 0.5) is 4.39 Å². The maximum absolute atomic E-state index is 13.1. The van der Waals surface area contributed by atoms with E-state index in [1.54, 1.807) is 13.2 Å². The highest BCUT2D eigenvalue weighted by atomic mass is 32.2. The number of rotatable bonds is 8. The Kier molecular flexibility index (Phi) is 7.78. The smallest absolute Gasteiger partial charge is 0.309 e. The molecule has 0 unspecified atom stereocenters. The van der Waals surface area contributed by atoms with Crippen molar-refractivity contribution in [1.82, 2.24) is 14.9 Å². The molecule has 0 aromatic heterocycles. The van der Waals surface area contributed by atoms with Crippen molar-refractivity contribution in [3.05, 3.63) is 59.9 Å². The molecule has 2 amide bonds. The summed E-state index contributed by atoms with van der Waals surface area (Å²) in [5.74, 6) is -1.61. The van der Waals surface area contributed by atoms with Gasteiger partial charge in [0.2, 0.25) is 10.0 Å². The van der Waals surface area contributed by atoms with E-state index in [0.29, 0.717) is 12.2 Å². The molecule has 0 aliphatic carbocycles. The van der Waals surface area contributed by atoms with E-state index in [-0.39, 0.29) is 31.1 Å². The van der Waals surface area contributed by atoms with Crippen LogP contribution < -0.4 is 15.4 Å². The van der Waals surface area contributed by atoms with Gasteiger partial charge in [-0.15, -0.1) is 0 Å². The number of nitrogens with one attached hydrogen (secondary N) is 2. The average Bonchev–Trinajstić information content (AvgIpc) is 3.27. The normalized spacial score (nSPS) is 16.5. The van der Waals surface area contributed by atoms with E-state index in [9.17, 15) is 22.4 Å². The van der Waals surface area contributed by atoms with E-state index in [4.69, 9.17) is 9.47 Å². The molecule has 1 aliphatic rings. The molecule has 1 saturated heterocycles. The molecular weight excluding hydrogens is 441 g/mol. The van der Waals surface area contributed by atoms with Crippen molar-refractivity contribution < 1.29 is 31.9 Å². The van der Waals surface area contributed by atoms with Crippen molar-refractivity contribution in [2.24, 2.45) is 0 Å². The van der Waals surface area contributed by atoms with E-state index in [0.717, 1.165) is 34.1 Å². The van der Waals surface area contributed by atoms with Gasteiger partial charge in [0.1, 0.15) is 17.8 Å². The van der Waals surface area contributed by atoms with Crippen LogP contribution in [-0.4, -0.2) is 64.1 Å². The van der Waals surface area contributed by atoms with Gasteiger partial charge in [-0.25, -0.2) is 12.8 Å². The van der Waals surface area contributed by atoms with Crippen molar-refractivity contribution in [2.45, 2.75) is 17.5 Å². The van der Waals surface area contributed by atoms with Crippen LogP contribution in [0.25, 0.3) is 0 Å². The Balaban J connectivity index is 1.51. The first-order valence-corrected chi connectivity index (χ1v) is 11.3. The lowest BCUT2D eigenvalue weighted by molar-refractivity contribution is -0.139. The van der Waals surface area contributed by atoms with Crippen molar-refractivity contribution in [1.29, 1.82) is 0 Å². The van der Waals surface area contributed by atoms with Crippen molar-refractivity contribution in [2.75, 3.05) is 33.4 Å². The standard InChI is InChI=1S/C21H24FN3O6S/c1-30-18-5-3-2-4-15(18)10-11-23-20(26)21(27)24-14-19-25(12-13-31-19)32(28,29)17-8-6-16(22)7-9-17/h2-9,19H,10-14H2,1H3,(H,23,26)(H,24,27)/t19-/m0/s1. The molecule has 0 radical (unpaired) electrons. The van der Waals surface area contributed by atoms with Gasteiger partial charge >= 0.3 is 11.8 Å². The molecule has 0 bridgehead atoms. The molecule has 3 rings (SSSR count). The van der Waals surface area contributed by atoms with Gasteiger partial charge in [0.25, 0.3) is 0 Å². The second-order valence-corrected chi connectivity index (χ2v) is 8.81. The SMILES string of the molecule is COc1ccccc1CCNC(=O)C(=O)NC[C@@H]1OCCN1S(=O)(=O)c1ccc(F)cc1. The van der Waals surface area contributed by atoms with E-state index in [1.807, 2.05) is 18.2 Å². The molecule has 2 N–H and O–H groups in total. The number of amides is 2. The number of halogens is 1. The third kappa shape index (κ3) is 5.61. The second-order valence-electron chi connectivity index (χ2n) is 6.92. The number of benzene rings is 2. The number of hydrogen-bond donors (Lipinski definition) is 2. The summed E-state index contributed by atoms with van der Waals surface area (Å²) in [6.07, 6.45) is -0.506. The van der Waals surface area contributed by atoms with Crippen molar-refractivity contribution in [3.63, 3.8) is 0 Å². The predicted molar refractivity (Wildman–Crippen MR) is 113 cm³/mol. The molecular formula is C21H24FN3O6S. The molecule has 0 spiro atoms. The summed E-state index contributed by atoms with van der Waals surface area (Å²) in [5, 5.41) is 4.91. The lowest BCUT2D eigenvalue weighted by Gasteiger charge is -2.22. The van der Waals surface area contributed by atoms with Crippen LogP contribution in [0.5, 0.6) is 5.75 Å². The Morgan fingerprint density at radius 2 is 1.81 bits per heavy atom. The molecule has 32 heavy (non-hydrogen) atoms. The minimum atomic E-state index is -3.95. The van der Waals surface area contributed by atoms with Gasteiger partial charge in [0.05, 0.1) is 25.2 Å². The van der Waals surface area contributed by atoms with Crippen LogP contribution in [0.15, 0.2) is 53.4 Å². The Labute approximate surface area is 185 Å². The third-order valence-electron chi connectivity index (χ3n) is 4.88. The van der Waals surface area contributed by atoms with Crippen LogP contribution in [0.1, 0.15) is 5.56 Å². The first-order valence-electron chi connectivity index (χ1n) is 9.90. The lowest BCUT2D eigenvalue weighted by Crippen LogP contribution is -2.47. The third-order valence-corrected chi connectivity index (χ3v) is 6.78. The fourth-order valence-electron chi connectivity index (χ4n) is 3.24. The monoisotopic (exact) mass is 465 g/mol. The first kappa shape index (κ1) is 23.6. The molecule has 2 aromatic carbocycles. The second kappa shape index (κ2) is 10.5. The van der Waals surface area contributed by atoms with Gasteiger partial charge in [0, 0.05) is 13.1 Å². The predicted octanol–water partition coefficient (Wildman–Crippen LogP) is 0.656. The van der Waals surface area contributed by atoms with Crippen molar-refractivity contribution in [3.8, 4) is 5.75 Å². The molecule has 172 valence electrons. The zero-order valence-electron chi connectivity index (χ0n) is 17.4. The largest absolute Gasteiger partial charge is 0.496 e. The number of carbonyl (C=O) groups excluding carboxylic acids is 2. The quantitative estimate of drug-likeness (QED) is 0.554. The van der Waals surface area contributed by atoms with Crippen molar-refractivity contribution >= 4 is 21.8 Å². The van der Waals surface area contributed by atoms with Gasteiger partial charge in [0.15, 0.2) is 0 Å². The summed E-state index contributed by atoms with van der Waals surface area (Å²) in [4.78, 5) is 24.1. The number of methoxy groups -OCH3 is 1. The summed E-state index contributed by atoms with van der Waals surface area (Å²) in [7, 11) is -2.40. The summed E-state index contributed by atoms with van der Waals surface area (Å²) in [6, 6.07) is 11.8. The number of sulfonamides is 1. The molecule has 0 saturated carbocycles. The lowest BCUT2D eigenvalue weighted by atomic mass is 10.1.